The van der Waals surface area contributed by atoms with Gasteiger partial charge < -0.3 is 38.2 Å². The molecule has 2 heterocycles. The summed E-state index contributed by atoms with van der Waals surface area (Å²) in [5.74, 6) is 0.376. The molecule has 2 aromatic heterocycles. The van der Waals surface area contributed by atoms with Gasteiger partial charge in [0.05, 0.1) is 76.8 Å². The number of likely N-dealkylation sites (N-methyl/N-ethyl adjacent to an activating group) is 2. The SMILES string of the molecule is CCOC(=O)c1c(OC)cc(-c2ccc(N(C)CCN(C)c3ccc(-c4cc(OC)c(C(=O)OCC)c(OC)c4)nc3)cn2)cc1OC. The first-order valence-electron chi connectivity index (χ1n) is 15.4. The van der Waals surface area contributed by atoms with E-state index < -0.39 is 11.9 Å². The predicted molar refractivity (Wildman–Crippen MR) is 184 cm³/mol. The molecule has 12 nitrogen and oxygen atoms in total. The van der Waals surface area contributed by atoms with E-state index in [0.717, 1.165) is 35.6 Å². The van der Waals surface area contributed by atoms with Crippen molar-refractivity contribution in [3.8, 4) is 45.5 Å². The van der Waals surface area contributed by atoms with Crippen LogP contribution in [0.5, 0.6) is 23.0 Å². The highest BCUT2D eigenvalue weighted by Crippen LogP contribution is 2.37. The van der Waals surface area contributed by atoms with Crippen molar-refractivity contribution in [2.24, 2.45) is 0 Å². The Balaban J connectivity index is 1.43. The number of aromatic nitrogens is 2. The molecular formula is C36H42N4O8. The average Bonchev–Trinajstić information content (AvgIpc) is 3.12. The number of nitrogens with zero attached hydrogens (tertiary/aromatic N) is 4. The smallest absolute Gasteiger partial charge is 0.345 e. The summed E-state index contributed by atoms with van der Waals surface area (Å²) in [6, 6.07) is 14.8. The van der Waals surface area contributed by atoms with Gasteiger partial charge in [0.2, 0.25) is 0 Å². The number of rotatable bonds is 15. The maximum atomic E-state index is 12.5. The van der Waals surface area contributed by atoms with Crippen molar-refractivity contribution >= 4 is 23.3 Å². The van der Waals surface area contributed by atoms with Crippen molar-refractivity contribution in [2.75, 3.05) is 78.6 Å². The van der Waals surface area contributed by atoms with E-state index in [0.29, 0.717) is 34.4 Å². The zero-order valence-electron chi connectivity index (χ0n) is 28.7. The van der Waals surface area contributed by atoms with Gasteiger partial charge in [0.1, 0.15) is 34.1 Å². The lowest BCUT2D eigenvalue weighted by Gasteiger charge is -2.25. The third kappa shape index (κ3) is 7.88. The number of carbonyl (C=O) groups excluding carboxylic acids is 2. The highest BCUT2D eigenvalue weighted by atomic mass is 16.5. The van der Waals surface area contributed by atoms with Crippen molar-refractivity contribution in [1.82, 2.24) is 9.97 Å². The van der Waals surface area contributed by atoms with Gasteiger partial charge in [0.25, 0.3) is 0 Å². The second-order valence-corrected chi connectivity index (χ2v) is 10.6. The summed E-state index contributed by atoms with van der Waals surface area (Å²) in [6.07, 6.45) is 3.61. The van der Waals surface area contributed by atoms with E-state index in [4.69, 9.17) is 28.4 Å². The van der Waals surface area contributed by atoms with Crippen LogP contribution in [0, 0.1) is 0 Å². The Bertz CT molecular complexity index is 1530. The lowest BCUT2D eigenvalue weighted by atomic mass is 10.1. The van der Waals surface area contributed by atoms with E-state index in [9.17, 15) is 9.59 Å². The van der Waals surface area contributed by atoms with Crippen molar-refractivity contribution < 1.29 is 38.0 Å². The average molecular weight is 659 g/mol. The van der Waals surface area contributed by atoms with E-state index in [1.165, 1.54) is 28.4 Å². The van der Waals surface area contributed by atoms with Crippen LogP contribution in [0.2, 0.25) is 0 Å². The van der Waals surface area contributed by atoms with E-state index in [1.807, 2.05) is 38.4 Å². The zero-order valence-corrected chi connectivity index (χ0v) is 28.7. The summed E-state index contributed by atoms with van der Waals surface area (Å²) in [4.78, 5) is 38.6. The van der Waals surface area contributed by atoms with Gasteiger partial charge in [-0.1, -0.05) is 0 Å². The number of carbonyl (C=O) groups is 2. The number of esters is 2. The van der Waals surface area contributed by atoms with Gasteiger partial charge in [-0.15, -0.1) is 0 Å². The highest BCUT2D eigenvalue weighted by Gasteiger charge is 2.23. The summed E-state index contributed by atoms with van der Waals surface area (Å²) in [5, 5.41) is 0. The molecule has 0 bridgehead atoms. The fourth-order valence-corrected chi connectivity index (χ4v) is 5.05. The minimum atomic E-state index is -0.511. The number of anilines is 2. The Hall–Kier alpha value is -5.52. The van der Waals surface area contributed by atoms with Crippen LogP contribution in [0.1, 0.15) is 34.6 Å². The molecule has 48 heavy (non-hydrogen) atoms. The first-order valence-corrected chi connectivity index (χ1v) is 15.4. The lowest BCUT2D eigenvalue weighted by Crippen LogP contribution is -2.30. The van der Waals surface area contributed by atoms with Gasteiger partial charge in [-0.3, -0.25) is 9.97 Å². The normalized spacial score (nSPS) is 10.6. The maximum Gasteiger partial charge on any atom is 0.345 e. The molecule has 4 aromatic rings. The van der Waals surface area contributed by atoms with Gasteiger partial charge >= 0.3 is 11.9 Å². The largest absolute Gasteiger partial charge is 0.496 e. The molecule has 0 fully saturated rings. The predicted octanol–water partition coefficient (Wildman–Crippen LogP) is 5.77. The topological polar surface area (TPSA) is 122 Å². The number of hydrogen-bond acceptors (Lipinski definition) is 12. The van der Waals surface area contributed by atoms with Crippen molar-refractivity contribution in [3.05, 3.63) is 72.1 Å². The molecular weight excluding hydrogens is 616 g/mol. The third-order valence-electron chi connectivity index (χ3n) is 7.71. The van der Waals surface area contributed by atoms with Crippen LogP contribution in [-0.2, 0) is 9.47 Å². The molecule has 0 saturated carbocycles. The Labute approximate surface area is 281 Å². The molecule has 0 amide bonds. The fraction of sp³-hybridized carbons (Fsp3) is 0.333. The van der Waals surface area contributed by atoms with Crippen molar-refractivity contribution in [2.45, 2.75) is 13.8 Å². The number of hydrogen-bond donors (Lipinski definition) is 0. The van der Waals surface area contributed by atoms with Crippen molar-refractivity contribution in [1.29, 1.82) is 0 Å². The molecule has 0 atom stereocenters. The van der Waals surface area contributed by atoms with E-state index in [-0.39, 0.29) is 24.3 Å². The number of ether oxygens (including phenoxy) is 6. The molecule has 12 heteroatoms. The number of methoxy groups -OCH3 is 4. The molecule has 254 valence electrons. The lowest BCUT2D eigenvalue weighted by molar-refractivity contribution is 0.0508. The Morgan fingerprint density at radius 2 is 0.917 bits per heavy atom. The molecule has 0 aliphatic rings. The molecule has 2 aromatic carbocycles. The number of benzene rings is 2. The van der Waals surface area contributed by atoms with Crippen LogP contribution in [-0.4, -0.2) is 90.7 Å². The fourth-order valence-electron chi connectivity index (χ4n) is 5.05. The summed E-state index contributed by atoms with van der Waals surface area (Å²) in [6.45, 7) is 5.41. The van der Waals surface area contributed by atoms with Gasteiger partial charge in [-0.2, -0.15) is 0 Å². The van der Waals surface area contributed by atoms with Crippen LogP contribution in [0.15, 0.2) is 60.9 Å². The second kappa shape index (κ2) is 16.3. The van der Waals surface area contributed by atoms with Crippen LogP contribution in [0.25, 0.3) is 22.5 Å². The Morgan fingerprint density at radius 3 is 1.17 bits per heavy atom. The minimum Gasteiger partial charge on any atom is -0.496 e. The van der Waals surface area contributed by atoms with Crippen LogP contribution in [0.4, 0.5) is 11.4 Å². The molecule has 0 spiro atoms. The summed E-state index contributed by atoms with van der Waals surface area (Å²) < 4.78 is 32.3. The van der Waals surface area contributed by atoms with Crippen molar-refractivity contribution in [3.63, 3.8) is 0 Å². The Morgan fingerprint density at radius 1 is 0.583 bits per heavy atom. The second-order valence-electron chi connectivity index (χ2n) is 10.6. The quantitative estimate of drug-likeness (QED) is 0.144. The molecule has 4 rings (SSSR count). The zero-order chi connectivity index (χ0) is 34.8. The standard InChI is InChI=1S/C36H42N4O8/c1-9-47-35(41)33-29(43-5)17-23(18-30(33)44-6)27-13-11-25(21-37-27)39(3)15-16-40(4)26-12-14-28(38-22-26)24-19-31(45-7)34(32(20-24)46-8)36(42)48-10-2/h11-14,17-22H,9-10,15-16H2,1-8H3. The van der Waals surface area contributed by atoms with Crippen LogP contribution < -0.4 is 28.7 Å². The van der Waals surface area contributed by atoms with Crippen LogP contribution >= 0.6 is 0 Å². The molecule has 0 aliphatic carbocycles. The molecule has 0 saturated heterocycles. The molecule has 0 aliphatic heterocycles. The summed E-state index contributed by atoms with van der Waals surface area (Å²) >= 11 is 0. The van der Waals surface area contributed by atoms with E-state index in [1.54, 1.807) is 50.5 Å². The van der Waals surface area contributed by atoms with Gasteiger partial charge in [0, 0.05) is 38.3 Å². The molecule has 0 N–H and O–H groups in total. The monoisotopic (exact) mass is 658 g/mol. The Kier molecular flexibility index (Phi) is 12.0. The van der Waals surface area contributed by atoms with Gasteiger partial charge in [-0.05, 0) is 62.4 Å². The van der Waals surface area contributed by atoms with Gasteiger partial charge in [-0.25, -0.2) is 9.59 Å². The minimum absolute atomic E-state index is 0.237. The van der Waals surface area contributed by atoms with Gasteiger partial charge in [0.15, 0.2) is 0 Å². The van der Waals surface area contributed by atoms with Crippen LogP contribution in [0.3, 0.4) is 0 Å². The van der Waals surface area contributed by atoms with E-state index >= 15 is 0 Å². The molecule has 0 radical (unpaired) electrons. The van der Waals surface area contributed by atoms with E-state index in [2.05, 4.69) is 19.8 Å². The first kappa shape index (κ1) is 35.3. The maximum absolute atomic E-state index is 12.5. The molecule has 0 unspecified atom stereocenters. The third-order valence-corrected chi connectivity index (χ3v) is 7.71. The first-order chi connectivity index (χ1) is 23.2. The summed E-state index contributed by atoms with van der Waals surface area (Å²) in [7, 11) is 10.00. The highest BCUT2D eigenvalue weighted by molar-refractivity contribution is 5.97. The number of pyridine rings is 2. The summed E-state index contributed by atoms with van der Waals surface area (Å²) in [5.41, 5.74) is 5.25.